The van der Waals surface area contributed by atoms with Gasteiger partial charge in [-0.15, -0.1) is 0 Å². The number of amides is 2. The molecule has 30 heavy (non-hydrogen) atoms. The first-order chi connectivity index (χ1) is 14.5. The van der Waals surface area contributed by atoms with Crippen molar-refractivity contribution < 1.29 is 9.59 Å². The van der Waals surface area contributed by atoms with Gasteiger partial charge in [-0.2, -0.15) is 0 Å². The number of aromatic nitrogens is 2. The Balaban J connectivity index is 1.55. The van der Waals surface area contributed by atoms with Crippen LogP contribution in [0, 0.1) is 6.92 Å². The maximum absolute atomic E-state index is 13.0. The number of nitrogens with zero attached hydrogens (tertiary/aromatic N) is 3. The van der Waals surface area contributed by atoms with Gasteiger partial charge in [-0.25, -0.2) is 9.97 Å². The summed E-state index contributed by atoms with van der Waals surface area (Å²) in [5, 5.41) is 6.57. The predicted octanol–water partition coefficient (Wildman–Crippen LogP) is 3.32. The van der Waals surface area contributed by atoms with Gasteiger partial charge in [-0.05, 0) is 55.5 Å². The van der Waals surface area contributed by atoms with Gasteiger partial charge in [0.05, 0.1) is 28.1 Å². The molecule has 9 heteroatoms. The highest BCUT2D eigenvalue weighted by atomic mass is 32.1. The number of piperidine rings is 1. The second kappa shape index (κ2) is 8.27. The molecule has 1 aliphatic heterocycles. The maximum atomic E-state index is 13.0. The number of benzene rings is 1. The lowest BCUT2D eigenvalue weighted by atomic mass is 9.95. The zero-order valence-corrected chi connectivity index (χ0v) is 17.8. The molecule has 1 aliphatic rings. The van der Waals surface area contributed by atoms with Crippen LogP contribution in [0.2, 0.25) is 0 Å². The molecular formula is C21H24N6O2S. The fourth-order valence-electron chi connectivity index (χ4n) is 3.75. The van der Waals surface area contributed by atoms with Crippen LogP contribution in [0.4, 0.5) is 16.6 Å². The maximum Gasteiger partial charge on any atom is 0.313 e. The minimum absolute atomic E-state index is 0.146. The van der Waals surface area contributed by atoms with E-state index >= 15 is 0 Å². The number of rotatable bonds is 3. The summed E-state index contributed by atoms with van der Waals surface area (Å²) in [5.41, 5.74) is 8.82. The third kappa shape index (κ3) is 3.93. The molecule has 3 heterocycles. The van der Waals surface area contributed by atoms with Crippen LogP contribution in [-0.2, 0) is 9.59 Å². The summed E-state index contributed by atoms with van der Waals surface area (Å²) in [6.07, 6.45) is 4.15. The van der Waals surface area contributed by atoms with Gasteiger partial charge in [0, 0.05) is 13.6 Å². The lowest BCUT2D eigenvalue weighted by Crippen LogP contribution is -2.44. The van der Waals surface area contributed by atoms with Crippen molar-refractivity contribution in [2.24, 2.45) is 0 Å². The number of thiazole rings is 1. The highest BCUT2D eigenvalue weighted by molar-refractivity contribution is 7.22. The number of pyridine rings is 1. The van der Waals surface area contributed by atoms with Crippen LogP contribution in [0.3, 0.4) is 0 Å². The van der Waals surface area contributed by atoms with E-state index in [1.54, 1.807) is 29.2 Å². The fourth-order valence-corrected chi connectivity index (χ4v) is 4.55. The number of hydrogen-bond donors (Lipinski definition) is 3. The number of hydrogen-bond acceptors (Lipinski definition) is 7. The van der Waals surface area contributed by atoms with Gasteiger partial charge in [-0.3, -0.25) is 9.59 Å². The summed E-state index contributed by atoms with van der Waals surface area (Å²) >= 11 is 1.59. The smallest absolute Gasteiger partial charge is 0.313 e. The Morgan fingerprint density at radius 3 is 2.87 bits per heavy atom. The molecule has 8 nitrogen and oxygen atoms in total. The summed E-state index contributed by atoms with van der Waals surface area (Å²) in [5.74, 6) is -0.808. The summed E-state index contributed by atoms with van der Waals surface area (Å²) in [4.78, 5) is 35.9. The van der Waals surface area contributed by atoms with E-state index in [2.05, 4.69) is 20.6 Å². The van der Waals surface area contributed by atoms with Crippen LogP contribution in [0.5, 0.6) is 0 Å². The van der Waals surface area contributed by atoms with Crippen molar-refractivity contribution in [1.29, 1.82) is 0 Å². The minimum Gasteiger partial charge on any atom is -0.383 e. The number of carbonyl (C=O) groups excluding carboxylic acids is 2. The summed E-state index contributed by atoms with van der Waals surface area (Å²) in [6.45, 7) is 2.35. The average Bonchev–Trinajstić information content (AvgIpc) is 3.18. The van der Waals surface area contributed by atoms with Gasteiger partial charge in [-0.1, -0.05) is 17.4 Å². The molecule has 4 N–H and O–H groups in total. The molecule has 1 atom stereocenters. The summed E-state index contributed by atoms with van der Waals surface area (Å²) < 4.78 is 1.08. The molecule has 0 spiro atoms. The Kier molecular flexibility index (Phi) is 5.54. The SMILES string of the molecule is CNc1nc2cc([C@@H]3CCCCN3C(=O)C(=O)Nc3cnc(N)c(C)c3)ccc2s1. The van der Waals surface area contributed by atoms with Crippen molar-refractivity contribution in [3.8, 4) is 0 Å². The Morgan fingerprint density at radius 1 is 1.27 bits per heavy atom. The quantitative estimate of drug-likeness (QED) is 0.556. The van der Waals surface area contributed by atoms with Crippen molar-refractivity contribution in [2.75, 3.05) is 30.0 Å². The Bertz CT molecular complexity index is 1110. The van der Waals surface area contributed by atoms with Crippen LogP contribution in [0.15, 0.2) is 30.5 Å². The van der Waals surface area contributed by atoms with Crippen LogP contribution < -0.4 is 16.4 Å². The topological polar surface area (TPSA) is 113 Å². The molecular weight excluding hydrogens is 400 g/mol. The number of nitrogens with two attached hydrogens (primary N) is 1. The van der Waals surface area contributed by atoms with Gasteiger partial charge in [0.15, 0.2) is 5.13 Å². The lowest BCUT2D eigenvalue weighted by molar-refractivity contribution is -0.145. The normalized spacial score (nSPS) is 16.5. The number of likely N-dealkylation sites (tertiary alicyclic amines) is 1. The zero-order valence-electron chi connectivity index (χ0n) is 16.9. The third-order valence-electron chi connectivity index (χ3n) is 5.34. The second-order valence-electron chi connectivity index (χ2n) is 7.39. The number of nitrogen functional groups attached to an aromatic ring is 1. The van der Waals surface area contributed by atoms with E-state index < -0.39 is 11.8 Å². The highest BCUT2D eigenvalue weighted by Crippen LogP contribution is 2.34. The van der Waals surface area contributed by atoms with Gasteiger partial charge < -0.3 is 21.3 Å². The number of carbonyl (C=O) groups is 2. The largest absolute Gasteiger partial charge is 0.383 e. The molecule has 4 rings (SSSR count). The van der Waals surface area contributed by atoms with E-state index in [-0.39, 0.29) is 6.04 Å². The molecule has 2 amide bonds. The van der Waals surface area contributed by atoms with E-state index in [0.717, 1.165) is 45.7 Å². The fraction of sp³-hybridized carbons (Fsp3) is 0.333. The molecule has 0 saturated carbocycles. The minimum atomic E-state index is -0.667. The van der Waals surface area contributed by atoms with Crippen molar-refractivity contribution in [1.82, 2.24) is 14.9 Å². The monoisotopic (exact) mass is 424 g/mol. The van der Waals surface area contributed by atoms with Crippen molar-refractivity contribution in [2.45, 2.75) is 32.2 Å². The molecule has 3 aromatic rings. The zero-order chi connectivity index (χ0) is 21.3. The standard InChI is InChI=1S/C21H24N6O2S/c1-12-9-14(11-24-18(12)22)25-19(28)20(29)27-8-4-3-5-16(27)13-6-7-17-15(10-13)26-21(23-2)30-17/h6-7,9-11,16H,3-5,8H2,1-2H3,(H2,22,24)(H,23,26)(H,25,28)/t16-/m0/s1. The molecule has 0 unspecified atom stereocenters. The highest BCUT2D eigenvalue weighted by Gasteiger charge is 2.32. The first-order valence-corrected chi connectivity index (χ1v) is 10.7. The van der Waals surface area contributed by atoms with Crippen molar-refractivity contribution in [3.63, 3.8) is 0 Å². The first kappa shape index (κ1) is 20.1. The Morgan fingerprint density at radius 2 is 2.10 bits per heavy atom. The second-order valence-corrected chi connectivity index (χ2v) is 8.42. The Labute approximate surface area is 178 Å². The molecule has 1 aromatic carbocycles. The van der Waals surface area contributed by atoms with Crippen LogP contribution >= 0.6 is 11.3 Å². The Hall–Kier alpha value is -3.20. The van der Waals surface area contributed by atoms with E-state index in [4.69, 9.17) is 5.73 Å². The predicted molar refractivity (Wildman–Crippen MR) is 119 cm³/mol. The number of nitrogens with one attached hydrogen (secondary N) is 2. The molecule has 2 aromatic heterocycles. The van der Waals surface area contributed by atoms with Gasteiger partial charge in [0.2, 0.25) is 0 Å². The van der Waals surface area contributed by atoms with Crippen LogP contribution in [0.25, 0.3) is 10.2 Å². The van der Waals surface area contributed by atoms with Crippen LogP contribution in [0.1, 0.15) is 36.4 Å². The summed E-state index contributed by atoms with van der Waals surface area (Å²) in [6, 6.07) is 7.64. The number of fused-ring (bicyclic) bond motifs is 1. The lowest BCUT2D eigenvalue weighted by Gasteiger charge is -2.35. The van der Waals surface area contributed by atoms with Crippen LogP contribution in [-0.4, -0.2) is 40.3 Å². The van der Waals surface area contributed by atoms with E-state index in [1.807, 2.05) is 25.2 Å². The molecule has 156 valence electrons. The number of aryl methyl sites for hydroxylation is 1. The van der Waals surface area contributed by atoms with Crippen molar-refractivity contribution in [3.05, 3.63) is 41.6 Å². The van der Waals surface area contributed by atoms with E-state index in [1.165, 1.54) is 6.20 Å². The molecule has 0 bridgehead atoms. The molecule has 0 radical (unpaired) electrons. The summed E-state index contributed by atoms with van der Waals surface area (Å²) in [7, 11) is 1.84. The third-order valence-corrected chi connectivity index (χ3v) is 6.40. The van der Waals surface area contributed by atoms with Gasteiger partial charge >= 0.3 is 11.8 Å². The van der Waals surface area contributed by atoms with Gasteiger partial charge in [0.25, 0.3) is 0 Å². The van der Waals surface area contributed by atoms with Gasteiger partial charge in [0.1, 0.15) is 5.82 Å². The number of anilines is 3. The van der Waals surface area contributed by atoms with E-state index in [0.29, 0.717) is 18.1 Å². The first-order valence-electron chi connectivity index (χ1n) is 9.88. The molecule has 1 saturated heterocycles. The van der Waals surface area contributed by atoms with E-state index in [9.17, 15) is 9.59 Å². The molecule has 1 fully saturated rings. The van der Waals surface area contributed by atoms with Crippen molar-refractivity contribution >= 4 is 50.0 Å². The molecule has 0 aliphatic carbocycles. The average molecular weight is 425 g/mol.